The molecule has 4 nitrogen and oxygen atoms in total. The molecule has 17 heavy (non-hydrogen) atoms. The van der Waals surface area contributed by atoms with Crippen LogP contribution in [0, 0.1) is 5.41 Å². The van der Waals surface area contributed by atoms with Crippen LogP contribution in [0.4, 0.5) is 0 Å². The van der Waals surface area contributed by atoms with Crippen molar-refractivity contribution < 1.29 is 15.0 Å². The Morgan fingerprint density at radius 3 is 1.94 bits per heavy atom. The Bertz CT molecular complexity index is 339. The second-order valence-electron chi connectivity index (χ2n) is 7.28. The summed E-state index contributed by atoms with van der Waals surface area (Å²) < 4.78 is 0. The number of carbonyl (C=O) groups is 1. The van der Waals surface area contributed by atoms with Gasteiger partial charge in [-0.25, -0.2) is 0 Å². The number of aliphatic hydroxyl groups is 2. The summed E-state index contributed by atoms with van der Waals surface area (Å²) in [6.45, 7) is 3.63. The SMILES string of the molecule is CC(=O)NC12CC3(C)CC(O)(CC(O)(C3)C1)C2. The van der Waals surface area contributed by atoms with E-state index in [1.807, 2.05) is 0 Å². The van der Waals surface area contributed by atoms with Gasteiger partial charge >= 0.3 is 0 Å². The van der Waals surface area contributed by atoms with Crippen LogP contribution < -0.4 is 5.32 Å². The quantitative estimate of drug-likeness (QED) is 0.631. The highest BCUT2D eigenvalue weighted by Crippen LogP contribution is 2.64. The maximum absolute atomic E-state index is 11.4. The van der Waals surface area contributed by atoms with Gasteiger partial charge in [-0.15, -0.1) is 0 Å². The van der Waals surface area contributed by atoms with Crippen LogP contribution in [0.5, 0.6) is 0 Å². The maximum Gasteiger partial charge on any atom is 0.217 e. The van der Waals surface area contributed by atoms with E-state index in [4.69, 9.17) is 0 Å². The lowest BCUT2D eigenvalue weighted by atomic mass is 9.44. The molecule has 0 radical (unpaired) electrons. The highest BCUT2D eigenvalue weighted by atomic mass is 16.3. The number of amides is 1. The largest absolute Gasteiger partial charge is 0.390 e. The zero-order valence-corrected chi connectivity index (χ0v) is 10.5. The molecule has 4 saturated carbocycles. The molecule has 4 bridgehead atoms. The van der Waals surface area contributed by atoms with Gasteiger partial charge < -0.3 is 15.5 Å². The fourth-order valence-corrected chi connectivity index (χ4v) is 5.53. The van der Waals surface area contributed by atoms with Crippen LogP contribution in [-0.2, 0) is 4.79 Å². The van der Waals surface area contributed by atoms with Crippen LogP contribution in [0.25, 0.3) is 0 Å². The molecule has 0 aliphatic heterocycles. The average molecular weight is 239 g/mol. The predicted molar refractivity (Wildman–Crippen MR) is 62.3 cm³/mol. The highest BCUT2D eigenvalue weighted by Gasteiger charge is 2.66. The molecule has 0 aromatic carbocycles. The number of hydrogen-bond acceptors (Lipinski definition) is 3. The fourth-order valence-electron chi connectivity index (χ4n) is 5.53. The summed E-state index contributed by atoms with van der Waals surface area (Å²) in [6, 6.07) is 0. The van der Waals surface area contributed by atoms with Gasteiger partial charge in [0, 0.05) is 18.9 Å². The summed E-state index contributed by atoms with van der Waals surface area (Å²) in [7, 11) is 0. The highest BCUT2D eigenvalue weighted by molar-refractivity contribution is 5.74. The van der Waals surface area contributed by atoms with Gasteiger partial charge in [0.1, 0.15) is 0 Å². The first-order valence-corrected chi connectivity index (χ1v) is 6.39. The molecule has 2 unspecified atom stereocenters. The monoisotopic (exact) mass is 239 g/mol. The minimum atomic E-state index is -0.791. The van der Waals surface area contributed by atoms with E-state index >= 15 is 0 Å². The fraction of sp³-hybridized carbons (Fsp3) is 0.923. The first-order valence-electron chi connectivity index (χ1n) is 6.39. The van der Waals surface area contributed by atoms with E-state index in [-0.39, 0.29) is 11.3 Å². The van der Waals surface area contributed by atoms with Crippen molar-refractivity contribution in [2.24, 2.45) is 5.41 Å². The molecule has 0 saturated heterocycles. The van der Waals surface area contributed by atoms with Crippen molar-refractivity contribution in [1.82, 2.24) is 5.32 Å². The molecule has 4 aliphatic carbocycles. The zero-order chi connectivity index (χ0) is 12.5. The number of hydrogen-bond donors (Lipinski definition) is 3. The normalized spacial score (nSPS) is 56.0. The van der Waals surface area contributed by atoms with Gasteiger partial charge in [-0.3, -0.25) is 4.79 Å². The van der Waals surface area contributed by atoms with Crippen molar-refractivity contribution in [1.29, 1.82) is 0 Å². The van der Waals surface area contributed by atoms with E-state index < -0.39 is 16.7 Å². The van der Waals surface area contributed by atoms with Crippen molar-refractivity contribution >= 4 is 5.91 Å². The lowest BCUT2D eigenvalue weighted by molar-refractivity contribution is -0.237. The predicted octanol–water partition coefficient (Wildman–Crippen LogP) is 0.711. The van der Waals surface area contributed by atoms with E-state index in [9.17, 15) is 15.0 Å². The van der Waals surface area contributed by atoms with Crippen LogP contribution >= 0.6 is 0 Å². The standard InChI is InChI=1S/C13H21NO3/c1-9(15)14-11-3-10(2)4-12(16,6-11)8-13(17,5-10)7-11/h16-17H,3-8H2,1-2H3,(H,14,15). The molecule has 0 aromatic heterocycles. The molecule has 3 N–H and O–H groups in total. The molecule has 4 rings (SSSR count). The second kappa shape index (κ2) is 2.86. The van der Waals surface area contributed by atoms with Gasteiger partial charge in [0.05, 0.1) is 11.2 Å². The lowest BCUT2D eigenvalue weighted by Gasteiger charge is -2.66. The summed E-state index contributed by atoms with van der Waals surface area (Å²) in [5.74, 6) is -0.0669. The van der Waals surface area contributed by atoms with Crippen molar-refractivity contribution in [2.45, 2.75) is 69.1 Å². The first-order chi connectivity index (χ1) is 7.66. The van der Waals surface area contributed by atoms with Gasteiger partial charge in [0.25, 0.3) is 0 Å². The van der Waals surface area contributed by atoms with E-state index in [1.165, 1.54) is 6.92 Å². The summed E-state index contributed by atoms with van der Waals surface area (Å²) in [4.78, 5) is 11.4. The Hall–Kier alpha value is -0.610. The van der Waals surface area contributed by atoms with Crippen LogP contribution in [0.2, 0.25) is 0 Å². The Morgan fingerprint density at radius 2 is 1.53 bits per heavy atom. The molecular weight excluding hydrogens is 218 g/mol. The van der Waals surface area contributed by atoms with Gasteiger partial charge in [-0.1, -0.05) is 6.92 Å². The van der Waals surface area contributed by atoms with Crippen LogP contribution in [0.15, 0.2) is 0 Å². The van der Waals surface area contributed by atoms with Crippen molar-refractivity contribution in [2.75, 3.05) is 0 Å². The van der Waals surface area contributed by atoms with Crippen molar-refractivity contribution in [3.8, 4) is 0 Å². The van der Waals surface area contributed by atoms with Gasteiger partial charge in [0.15, 0.2) is 0 Å². The van der Waals surface area contributed by atoms with E-state index in [0.29, 0.717) is 19.3 Å². The van der Waals surface area contributed by atoms with Gasteiger partial charge in [0.2, 0.25) is 5.91 Å². The summed E-state index contributed by atoms with van der Waals surface area (Å²) in [5, 5.41) is 24.2. The molecule has 96 valence electrons. The van der Waals surface area contributed by atoms with Crippen molar-refractivity contribution in [3.63, 3.8) is 0 Å². The molecule has 4 aliphatic rings. The molecule has 1 amide bonds. The smallest absolute Gasteiger partial charge is 0.217 e. The third-order valence-electron chi connectivity index (χ3n) is 4.71. The molecule has 2 atom stereocenters. The Kier molecular flexibility index (Phi) is 1.93. The lowest BCUT2D eigenvalue weighted by Crippen LogP contribution is -2.73. The Labute approximate surface area is 101 Å². The molecule has 4 fully saturated rings. The van der Waals surface area contributed by atoms with Crippen LogP contribution in [0.3, 0.4) is 0 Å². The van der Waals surface area contributed by atoms with E-state index in [1.54, 1.807) is 0 Å². The van der Waals surface area contributed by atoms with Gasteiger partial charge in [-0.2, -0.15) is 0 Å². The topological polar surface area (TPSA) is 69.6 Å². The Balaban J connectivity index is 2.01. The molecule has 0 spiro atoms. The number of nitrogens with one attached hydrogen (secondary N) is 1. The molecule has 0 heterocycles. The van der Waals surface area contributed by atoms with Gasteiger partial charge in [-0.05, 0) is 37.5 Å². The van der Waals surface area contributed by atoms with E-state index in [2.05, 4.69) is 12.2 Å². The molecular formula is C13H21NO3. The minimum absolute atomic E-state index is 0.0410. The second-order valence-corrected chi connectivity index (χ2v) is 7.28. The summed E-state index contributed by atoms with van der Waals surface area (Å²) in [6.07, 6.45) is 4.05. The Morgan fingerprint density at radius 1 is 1.00 bits per heavy atom. The van der Waals surface area contributed by atoms with Crippen LogP contribution in [0.1, 0.15) is 52.4 Å². The van der Waals surface area contributed by atoms with E-state index in [0.717, 1.165) is 19.3 Å². The number of carbonyl (C=O) groups excluding carboxylic acids is 1. The number of rotatable bonds is 1. The minimum Gasteiger partial charge on any atom is -0.390 e. The first kappa shape index (κ1) is 11.5. The molecule has 4 heteroatoms. The summed E-state index contributed by atoms with van der Waals surface area (Å²) in [5.41, 5.74) is -2.01. The third-order valence-corrected chi connectivity index (χ3v) is 4.71. The maximum atomic E-state index is 11.4. The average Bonchev–Trinajstić information content (AvgIpc) is 1.87. The van der Waals surface area contributed by atoms with Crippen LogP contribution in [-0.4, -0.2) is 32.9 Å². The molecule has 0 aromatic rings. The zero-order valence-electron chi connectivity index (χ0n) is 10.5. The van der Waals surface area contributed by atoms with Crippen molar-refractivity contribution in [3.05, 3.63) is 0 Å². The third kappa shape index (κ3) is 1.69. The summed E-state index contributed by atoms with van der Waals surface area (Å²) >= 11 is 0.